The molecule has 1 saturated carbocycles. The Balaban J connectivity index is 2.08. The van der Waals surface area contributed by atoms with E-state index in [2.05, 4.69) is 19.9 Å². The Morgan fingerprint density at radius 1 is 1.29 bits per heavy atom. The van der Waals surface area contributed by atoms with Gasteiger partial charge in [-0.05, 0) is 31.9 Å². The molecule has 0 spiro atoms. The molecule has 3 rings (SSSR count). The number of carbonyl (C=O) groups is 1. The molecule has 1 fully saturated rings. The first-order valence-electron chi connectivity index (χ1n) is 6.37. The highest BCUT2D eigenvalue weighted by Gasteiger charge is 2.45. The van der Waals surface area contributed by atoms with E-state index >= 15 is 0 Å². The lowest BCUT2D eigenvalue weighted by atomic mass is 9.66. The summed E-state index contributed by atoms with van der Waals surface area (Å²) in [6.45, 7) is 4.30. The summed E-state index contributed by atoms with van der Waals surface area (Å²) in [5, 5.41) is 0. The maximum absolute atomic E-state index is 11.7. The molecule has 1 aromatic rings. The summed E-state index contributed by atoms with van der Waals surface area (Å²) in [6, 6.07) is 8.17. The van der Waals surface area contributed by atoms with Crippen molar-refractivity contribution in [3.05, 3.63) is 29.8 Å². The number of carbonyl (C=O) groups excluding carboxylic acids is 1. The Morgan fingerprint density at radius 3 is 2.88 bits per heavy atom. The van der Waals surface area contributed by atoms with Gasteiger partial charge in [-0.3, -0.25) is 4.79 Å². The summed E-state index contributed by atoms with van der Waals surface area (Å²) in [4.78, 5) is 11.7. The zero-order valence-electron chi connectivity index (χ0n) is 10.4. The van der Waals surface area contributed by atoms with E-state index in [4.69, 9.17) is 4.74 Å². The monoisotopic (exact) mass is 230 g/mol. The number of benzene rings is 1. The molecule has 0 amide bonds. The van der Waals surface area contributed by atoms with Crippen LogP contribution in [-0.2, 0) is 4.79 Å². The third-order valence-corrected chi connectivity index (χ3v) is 4.25. The molecule has 17 heavy (non-hydrogen) atoms. The van der Waals surface area contributed by atoms with E-state index in [0.29, 0.717) is 24.0 Å². The van der Waals surface area contributed by atoms with Gasteiger partial charge in [-0.25, -0.2) is 0 Å². The van der Waals surface area contributed by atoms with Crippen molar-refractivity contribution in [2.45, 2.75) is 44.6 Å². The third kappa shape index (κ3) is 1.67. The smallest absolute Gasteiger partial charge is 0.133 e. The van der Waals surface area contributed by atoms with Gasteiger partial charge in [0.15, 0.2) is 0 Å². The van der Waals surface area contributed by atoms with Gasteiger partial charge in [0.1, 0.15) is 17.1 Å². The van der Waals surface area contributed by atoms with E-state index in [1.807, 2.05) is 18.2 Å². The molecule has 1 heterocycles. The zero-order valence-corrected chi connectivity index (χ0v) is 10.4. The molecule has 0 N–H and O–H groups in total. The average molecular weight is 230 g/mol. The predicted molar refractivity (Wildman–Crippen MR) is 66.2 cm³/mol. The SMILES string of the molecule is CC1(C)Oc2ccccc2[C@@H]2CC(=O)CC[C@H]21. The van der Waals surface area contributed by atoms with Gasteiger partial charge in [-0.15, -0.1) is 0 Å². The van der Waals surface area contributed by atoms with Gasteiger partial charge < -0.3 is 4.74 Å². The molecule has 2 aliphatic rings. The Kier molecular flexibility index (Phi) is 2.29. The topological polar surface area (TPSA) is 26.3 Å². The number of fused-ring (bicyclic) bond motifs is 3. The summed E-state index contributed by atoms with van der Waals surface area (Å²) in [5.41, 5.74) is 1.07. The van der Waals surface area contributed by atoms with Crippen molar-refractivity contribution in [1.82, 2.24) is 0 Å². The van der Waals surface area contributed by atoms with Crippen molar-refractivity contribution in [3.8, 4) is 5.75 Å². The van der Waals surface area contributed by atoms with Crippen molar-refractivity contribution in [2.75, 3.05) is 0 Å². The second-order valence-electron chi connectivity index (χ2n) is 5.74. The van der Waals surface area contributed by atoms with E-state index in [-0.39, 0.29) is 5.60 Å². The van der Waals surface area contributed by atoms with Crippen molar-refractivity contribution in [1.29, 1.82) is 0 Å². The Labute approximate surface area is 102 Å². The Hall–Kier alpha value is -1.31. The van der Waals surface area contributed by atoms with Gasteiger partial charge in [-0.2, -0.15) is 0 Å². The zero-order chi connectivity index (χ0) is 12.0. The third-order valence-electron chi connectivity index (χ3n) is 4.25. The molecule has 0 radical (unpaired) electrons. The average Bonchev–Trinajstić information content (AvgIpc) is 2.28. The van der Waals surface area contributed by atoms with Crippen LogP contribution in [0.4, 0.5) is 0 Å². The van der Waals surface area contributed by atoms with Crippen LogP contribution >= 0.6 is 0 Å². The quantitative estimate of drug-likeness (QED) is 0.683. The van der Waals surface area contributed by atoms with Gasteiger partial charge in [0, 0.05) is 24.7 Å². The van der Waals surface area contributed by atoms with Crippen LogP contribution in [0.25, 0.3) is 0 Å². The maximum Gasteiger partial charge on any atom is 0.133 e. The van der Waals surface area contributed by atoms with Crippen LogP contribution in [-0.4, -0.2) is 11.4 Å². The van der Waals surface area contributed by atoms with Gasteiger partial charge in [0.2, 0.25) is 0 Å². The first-order valence-corrected chi connectivity index (χ1v) is 6.37. The minimum Gasteiger partial charge on any atom is -0.487 e. The lowest BCUT2D eigenvalue weighted by Gasteiger charge is -2.46. The van der Waals surface area contributed by atoms with E-state index < -0.39 is 0 Å². The van der Waals surface area contributed by atoms with Crippen LogP contribution in [0.2, 0.25) is 0 Å². The number of hydrogen-bond donors (Lipinski definition) is 0. The highest BCUT2D eigenvalue weighted by molar-refractivity contribution is 5.80. The summed E-state index contributed by atoms with van der Waals surface area (Å²) >= 11 is 0. The fourth-order valence-electron chi connectivity index (χ4n) is 3.40. The summed E-state index contributed by atoms with van der Waals surface area (Å²) in [7, 11) is 0. The van der Waals surface area contributed by atoms with E-state index in [9.17, 15) is 4.79 Å². The molecule has 0 saturated heterocycles. The van der Waals surface area contributed by atoms with Gasteiger partial charge in [0.05, 0.1) is 0 Å². The highest BCUT2D eigenvalue weighted by Crippen LogP contribution is 2.50. The van der Waals surface area contributed by atoms with E-state index in [1.165, 1.54) is 5.56 Å². The standard InChI is InChI=1S/C15H18O2/c1-15(2)13-8-7-10(16)9-12(13)11-5-3-4-6-14(11)17-15/h3-6,12-13H,7-9H2,1-2H3/t12-,13+/m0/s1. The second kappa shape index (κ2) is 3.59. The normalized spacial score (nSPS) is 30.1. The molecule has 1 aliphatic carbocycles. The molecular weight excluding hydrogens is 212 g/mol. The first-order chi connectivity index (χ1) is 8.08. The van der Waals surface area contributed by atoms with Crippen molar-refractivity contribution in [2.24, 2.45) is 5.92 Å². The molecular formula is C15H18O2. The van der Waals surface area contributed by atoms with Gasteiger partial charge in [0.25, 0.3) is 0 Å². The van der Waals surface area contributed by atoms with Crippen molar-refractivity contribution >= 4 is 5.78 Å². The summed E-state index contributed by atoms with van der Waals surface area (Å²) in [6.07, 6.45) is 2.37. The molecule has 0 bridgehead atoms. The summed E-state index contributed by atoms with van der Waals surface area (Å²) < 4.78 is 6.11. The van der Waals surface area contributed by atoms with Crippen LogP contribution in [0.15, 0.2) is 24.3 Å². The summed E-state index contributed by atoms with van der Waals surface area (Å²) in [5.74, 6) is 2.19. The number of Topliss-reactive ketones (excluding diaryl/α,β-unsaturated/α-hetero) is 1. The lowest BCUT2D eigenvalue weighted by molar-refractivity contribution is -0.124. The van der Waals surface area contributed by atoms with Gasteiger partial charge in [-0.1, -0.05) is 18.2 Å². The number of ether oxygens (including phenoxy) is 1. The molecule has 0 aromatic heterocycles. The Morgan fingerprint density at radius 2 is 2.06 bits per heavy atom. The molecule has 0 unspecified atom stereocenters. The molecule has 2 heteroatoms. The Bertz CT molecular complexity index is 462. The fraction of sp³-hybridized carbons (Fsp3) is 0.533. The van der Waals surface area contributed by atoms with Crippen molar-refractivity contribution in [3.63, 3.8) is 0 Å². The minimum absolute atomic E-state index is 0.153. The molecule has 2 nitrogen and oxygen atoms in total. The second-order valence-corrected chi connectivity index (χ2v) is 5.74. The molecule has 1 aliphatic heterocycles. The molecule has 90 valence electrons. The predicted octanol–water partition coefficient (Wildman–Crippen LogP) is 3.31. The number of hydrogen-bond acceptors (Lipinski definition) is 2. The van der Waals surface area contributed by atoms with Crippen LogP contribution in [0, 0.1) is 5.92 Å². The fourth-order valence-corrected chi connectivity index (χ4v) is 3.40. The molecule has 1 aromatic carbocycles. The molecule has 2 atom stereocenters. The number of rotatable bonds is 0. The minimum atomic E-state index is -0.153. The first kappa shape index (κ1) is 10.8. The number of para-hydroxylation sites is 1. The van der Waals surface area contributed by atoms with Crippen LogP contribution in [0.1, 0.15) is 44.6 Å². The van der Waals surface area contributed by atoms with Gasteiger partial charge >= 0.3 is 0 Å². The van der Waals surface area contributed by atoms with Crippen LogP contribution in [0.3, 0.4) is 0 Å². The maximum atomic E-state index is 11.7. The lowest BCUT2D eigenvalue weighted by Crippen LogP contribution is -2.46. The highest BCUT2D eigenvalue weighted by atomic mass is 16.5. The van der Waals surface area contributed by atoms with Crippen molar-refractivity contribution < 1.29 is 9.53 Å². The largest absolute Gasteiger partial charge is 0.487 e. The van der Waals surface area contributed by atoms with Crippen LogP contribution < -0.4 is 4.74 Å². The van der Waals surface area contributed by atoms with E-state index in [1.54, 1.807) is 0 Å². The van der Waals surface area contributed by atoms with E-state index in [0.717, 1.165) is 18.6 Å². The number of ketones is 1. The van der Waals surface area contributed by atoms with Crippen LogP contribution in [0.5, 0.6) is 5.75 Å².